The van der Waals surface area contributed by atoms with E-state index in [1.807, 2.05) is 0 Å². The lowest BCUT2D eigenvalue weighted by atomic mass is 9.95. The van der Waals surface area contributed by atoms with Crippen molar-refractivity contribution in [2.45, 2.75) is 34.6 Å². The van der Waals surface area contributed by atoms with Crippen LogP contribution in [-0.2, 0) is 0 Å². The zero-order valence-electron chi connectivity index (χ0n) is 13.4. The predicted octanol–water partition coefficient (Wildman–Crippen LogP) is 5.44. The average Bonchev–Trinajstić information content (AvgIpc) is 2.44. The summed E-state index contributed by atoms with van der Waals surface area (Å²) < 4.78 is 0. The van der Waals surface area contributed by atoms with E-state index in [1.165, 1.54) is 38.8 Å². The smallest absolute Gasteiger partial charge is 0.0715 e. The van der Waals surface area contributed by atoms with Gasteiger partial charge >= 0.3 is 0 Å². The highest BCUT2D eigenvalue weighted by molar-refractivity contribution is 5.86. The van der Waals surface area contributed by atoms with Crippen LogP contribution in [-0.4, -0.2) is 4.98 Å². The Balaban J connectivity index is 2.28. The fourth-order valence-electron chi connectivity index (χ4n) is 2.88. The molecule has 1 heteroatoms. The van der Waals surface area contributed by atoms with Gasteiger partial charge < -0.3 is 0 Å². The Kier molecular flexibility index (Phi) is 3.29. The van der Waals surface area contributed by atoms with E-state index in [9.17, 15) is 0 Å². The zero-order valence-corrected chi connectivity index (χ0v) is 13.4. The molecule has 0 bridgehead atoms. The van der Waals surface area contributed by atoms with Crippen LogP contribution in [0.1, 0.15) is 27.8 Å². The fourth-order valence-corrected chi connectivity index (χ4v) is 2.88. The van der Waals surface area contributed by atoms with Gasteiger partial charge in [-0.1, -0.05) is 24.3 Å². The summed E-state index contributed by atoms with van der Waals surface area (Å²) in [6.07, 6.45) is 0. The van der Waals surface area contributed by atoms with E-state index in [4.69, 9.17) is 4.98 Å². The van der Waals surface area contributed by atoms with Gasteiger partial charge in [0.15, 0.2) is 0 Å². The summed E-state index contributed by atoms with van der Waals surface area (Å²) in [4.78, 5) is 4.90. The monoisotopic (exact) mass is 275 g/mol. The highest BCUT2D eigenvalue weighted by atomic mass is 14.7. The molecule has 0 saturated heterocycles. The van der Waals surface area contributed by atoms with E-state index in [0.717, 1.165) is 11.2 Å². The van der Waals surface area contributed by atoms with Gasteiger partial charge in [-0.15, -0.1) is 0 Å². The molecule has 1 aromatic heterocycles. The maximum atomic E-state index is 4.90. The quantitative estimate of drug-likeness (QED) is 0.576. The first-order chi connectivity index (χ1) is 9.97. The summed E-state index contributed by atoms with van der Waals surface area (Å²) in [7, 11) is 0. The van der Waals surface area contributed by atoms with E-state index in [1.54, 1.807) is 0 Å². The number of pyridine rings is 1. The molecule has 0 unspecified atom stereocenters. The van der Waals surface area contributed by atoms with E-state index in [0.29, 0.717) is 0 Å². The molecule has 3 aromatic rings. The largest absolute Gasteiger partial charge is 0.248 e. The average molecular weight is 275 g/mol. The second kappa shape index (κ2) is 5.00. The van der Waals surface area contributed by atoms with E-state index in [-0.39, 0.29) is 0 Å². The van der Waals surface area contributed by atoms with Crippen LogP contribution in [0, 0.1) is 34.6 Å². The van der Waals surface area contributed by atoms with Crippen LogP contribution in [0.5, 0.6) is 0 Å². The summed E-state index contributed by atoms with van der Waals surface area (Å²) in [5.41, 5.74) is 9.96. The van der Waals surface area contributed by atoms with Gasteiger partial charge in [0, 0.05) is 10.9 Å². The second-order valence-corrected chi connectivity index (χ2v) is 6.03. The Labute approximate surface area is 126 Å². The first-order valence-corrected chi connectivity index (χ1v) is 7.42. The Bertz CT molecular complexity index is 844. The van der Waals surface area contributed by atoms with Crippen molar-refractivity contribution in [2.75, 3.05) is 0 Å². The molecule has 0 amide bonds. The molecular formula is C20H21N. The van der Waals surface area contributed by atoms with Gasteiger partial charge in [0.1, 0.15) is 0 Å². The maximum absolute atomic E-state index is 4.90. The van der Waals surface area contributed by atoms with Gasteiger partial charge in [0.25, 0.3) is 0 Å². The minimum absolute atomic E-state index is 1.08. The van der Waals surface area contributed by atoms with Crippen LogP contribution in [0.3, 0.4) is 0 Å². The highest BCUT2D eigenvalue weighted by Gasteiger charge is 2.10. The Morgan fingerprint density at radius 1 is 0.714 bits per heavy atom. The van der Waals surface area contributed by atoms with E-state index in [2.05, 4.69) is 71.0 Å². The van der Waals surface area contributed by atoms with Gasteiger partial charge in [-0.05, 0) is 74.6 Å². The topological polar surface area (TPSA) is 12.9 Å². The number of nitrogens with zero attached hydrogens (tertiary/aromatic N) is 1. The van der Waals surface area contributed by atoms with Crippen LogP contribution in [0.4, 0.5) is 0 Å². The normalized spacial score (nSPS) is 11.1. The molecule has 0 aliphatic heterocycles. The molecule has 3 rings (SSSR count). The first kappa shape index (κ1) is 13.8. The van der Waals surface area contributed by atoms with Crippen molar-refractivity contribution < 1.29 is 0 Å². The fraction of sp³-hybridized carbons (Fsp3) is 0.250. The molecule has 0 N–H and O–H groups in total. The van der Waals surface area contributed by atoms with Crippen molar-refractivity contribution >= 4 is 10.9 Å². The van der Waals surface area contributed by atoms with Crippen LogP contribution in [0.15, 0.2) is 36.4 Å². The minimum atomic E-state index is 1.08. The Morgan fingerprint density at radius 2 is 1.48 bits per heavy atom. The summed E-state index contributed by atoms with van der Waals surface area (Å²) >= 11 is 0. The third-order valence-electron chi connectivity index (χ3n) is 4.51. The van der Waals surface area contributed by atoms with Crippen molar-refractivity contribution in [3.8, 4) is 11.3 Å². The van der Waals surface area contributed by atoms with Gasteiger partial charge in [-0.3, -0.25) is 0 Å². The second-order valence-electron chi connectivity index (χ2n) is 6.03. The number of benzene rings is 2. The summed E-state index contributed by atoms with van der Waals surface area (Å²) in [5, 5.41) is 1.24. The molecule has 21 heavy (non-hydrogen) atoms. The molecule has 0 atom stereocenters. The molecule has 0 spiro atoms. The molecular weight excluding hydrogens is 254 g/mol. The van der Waals surface area contributed by atoms with Crippen molar-refractivity contribution in [1.82, 2.24) is 4.98 Å². The summed E-state index contributed by atoms with van der Waals surface area (Å²) in [5.74, 6) is 0. The van der Waals surface area contributed by atoms with Crippen molar-refractivity contribution in [1.29, 1.82) is 0 Å². The molecule has 0 fully saturated rings. The molecule has 0 radical (unpaired) electrons. The highest BCUT2D eigenvalue weighted by Crippen LogP contribution is 2.29. The minimum Gasteiger partial charge on any atom is -0.248 e. The lowest BCUT2D eigenvalue weighted by Crippen LogP contribution is -1.94. The van der Waals surface area contributed by atoms with Gasteiger partial charge in [0.05, 0.1) is 11.2 Å². The molecule has 0 aliphatic carbocycles. The maximum Gasteiger partial charge on any atom is 0.0715 e. The van der Waals surface area contributed by atoms with Gasteiger partial charge in [-0.2, -0.15) is 0 Å². The Morgan fingerprint density at radius 3 is 2.24 bits per heavy atom. The van der Waals surface area contributed by atoms with E-state index >= 15 is 0 Å². The van der Waals surface area contributed by atoms with E-state index < -0.39 is 0 Å². The van der Waals surface area contributed by atoms with Gasteiger partial charge in [0.2, 0.25) is 0 Å². The molecule has 2 aromatic carbocycles. The van der Waals surface area contributed by atoms with Crippen molar-refractivity contribution in [3.05, 3.63) is 64.2 Å². The molecule has 106 valence electrons. The predicted molar refractivity (Wildman–Crippen MR) is 90.9 cm³/mol. The number of hydrogen-bond acceptors (Lipinski definition) is 1. The first-order valence-electron chi connectivity index (χ1n) is 7.42. The number of hydrogen-bond donors (Lipinski definition) is 0. The van der Waals surface area contributed by atoms with Crippen LogP contribution in [0.2, 0.25) is 0 Å². The lowest BCUT2D eigenvalue weighted by molar-refractivity contribution is 1.25. The van der Waals surface area contributed by atoms with Crippen LogP contribution < -0.4 is 0 Å². The lowest BCUT2D eigenvalue weighted by Gasteiger charge is -2.13. The number of aromatic nitrogens is 1. The Hall–Kier alpha value is -2.15. The van der Waals surface area contributed by atoms with Crippen LogP contribution in [0.25, 0.3) is 22.2 Å². The zero-order chi connectivity index (χ0) is 15.1. The molecule has 0 saturated carbocycles. The molecule has 1 nitrogen and oxygen atoms in total. The summed E-state index contributed by atoms with van der Waals surface area (Å²) in [6.45, 7) is 10.8. The van der Waals surface area contributed by atoms with Gasteiger partial charge in [-0.25, -0.2) is 4.98 Å². The number of fused-ring (bicyclic) bond motifs is 1. The molecule has 0 aliphatic rings. The number of aryl methyl sites for hydroxylation is 3. The summed E-state index contributed by atoms with van der Waals surface area (Å²) in [6, 6.07) is 13.1. The third-order valence-corrected chi connectivity index (χ3v) is 4.51. The standard InChI is InChI=1S/C20H21N/c1-12-6-8-17-14(3)11-20(21-19(17)10-12)18-9-7-13(2)15(4)16(18)5/h6-11H,1-5H3. The van der Waals surface area contributed by atoms with Crippen molar-refractivity contribution in [2.24, 2.45) is 0 Å². The number of rotatable bonds is 1. The molecule has 1 heterocycles. The third kappa shape index (κ3) is 2.33. The van der Waals surface area contributed by atoms with Crippen LogP contribution >= 0.6 is 0 Å². The van der Waals surface area contributed by atoms with Crippen molar-refractivity contribution in [3.63, 3.8) is 0 Å². The SMILES string of the molecule is Cc1ccc2c(C)cc(-c3ccc(C)c(C)c3C)nc2c1.